The van der Waals surface area contributed by atoms with E-state index in [1.165, 1.54) is 6.08 Å². The summed E-state index contributed by atoms with van der Waals surface area (Å²) in [5.41, 5.74) is 3.62. The number of para-hydroxylation sites is 1. The number of carbonyl (C=O) groups excluding carboxylic acids is 2. The Morgan fingerprint density at radius 2 is 1.71 bits per heavy atom. The maximum absolute atomic E-state index is 13.3. The summed E-state index contributed by atoms with van der Waals surface area (Å²) in [6, 6.07) is 19.1. The highest BCUT2D eigenvalue weighted by Gasteiger charge is 2.31. The second-order valence-corrected chi connectivity index (χ2v) is 7.08. The summed E-state index contributed by atoms with van der Waals surface area (Å²) < 4.78 is 7.80. The van der Waals surface area contributed by atoms with Crippen molar-refractivity contribution < 1.29 is 14.3 Å². The van der Waals surface area contributed by atoms with Crippen molar-refractivity contribution in [2.45, 2.75) is 6.92 Å². The van der Waals surface area contributed by atoms with E-state index in [1.54, 1.807) is 12.1 Å². The monoisotopic (exact) mass is 367 g/mol. The van der Waals surface area contributed by atoms with E-state index in [0.29, 0.717) is 16.9 Å². The predicted octanol–water partition coefficient (Wildman–Crippen LogP) is 4.98. The molecule has 0 amide bonds. The quantitative estimate of drug-likeness (QED) is 0.502. The molecule has 4 heteroatoms. The predicted molar refractivity (Wildman–Crippen MR) is 109 cm³/mol. The number of aromatic nitrogens is 1. The zero-order chi connectivity index (χ0) is 19.4. The van der Waals surface area contributed by atoms with Gasteiger partial charge in [0.25, 0.3) is 0 Å². The van der Waals surface area contributed by atoms with Gasteiger partial charge in [0.05, 0.1) is 11.1 Å². The van der Waals surface area contributed by atoms with Gasteiger partial charge in [-0.25, -0.2) is 0 Å². The van der Waals surface area contributed by atoms with Gasteiger partial charge in [-0.3, -0.25) is 9.59 Å². The van der Waals surface area contributed by atoms with Crippen molar-refractivity contribution in [2.24, 2.45) is 7.05 Å². The smallest absolute Gasteiger partial charge is 0.231 e. The first kappa shape index (κ1) is 16.5. The summed E-state index contributed by atoms with van der Waals surface area (Å²) in [6.45, 7) is 1.95. The lowest BCUT2D eigenvalue weighted by Crippen LogP contribution is -2.21. The Labute approximate surface area is 161 Å². The molecule has 28 heavy (non-hydrogen) atoms. The summed E-state index contributed by atoms with van der Waals surface area (Å²) in [7, 11) is 1.92. The SMILES string of the molecule is Cc1cccc(OC2=CC(=O)c3ccc4c5ccccc5n(C)c4c3C2=O)c1. The van der Waals surface area contributed by atoms with E-state index in [2.05, 4.69) is 0 Å². The molecule has 0 aliphatic heterocycles. The van der Waals surface area contributed by atoms with Crippen LogP contribution in [0.1, 0.15) is 26.3 Å². The number of ketones is 2. The molecule has 0 atom stereocenters. The van der Waals surface area contributed by atoms with E-state index in [1.807, 2.05) is 67.1 Å². The van der Waals surface area contributed by atoms with Gasteiger partial charge in [0, 0.05) is 35.0 Å². The van der Waals surface area contributed by atoms with Gasteiger partial charge >= 0.3 is 0 Å². The number of carbonyl (C=O) groups is 2. The molecular weight excluding hydrogens is 350 g/mol. The van der Waals surface area contributed by atoms with Gasteiger partial charge in [-0.15, -0.1) is 0 Å². The second kappa shape index (κ2) is 5.92. The van der Waals surface area contributed by atoms with Gasteiger partial charge < -0.3 is 9.30 Å². The molecule has 1 aromatic heterocycles. The van der Waals surface area contributed by atoms with Crippen molar-refractivity contribution in [1.82, 2.24) is 4.57 Å². The molecule has 4 nitrogen and oxygen atoms in total. The number of Topliss-reactive ketones (excluding diaryl/α,β-unsaturated/α-hetero) is 1. The molecule has 1 heterocycles. The van der Waals surface area contributed by atoms with Gasteiger partial charge in [-0.2, -0.15) is 0 Å². The maximum atomic E-state index is 13.3. The third kappa shape index (κ3) is 2.31. The molecule has 4 aromatic rings. The third-order valence-corrected chi connectivity index (χ3v) is 5.26. The number of benzene rings is 3. The van der Waals surface area contributed by atoms with Gasteiger partial charge in [-0.05, 0) is 36.8 Å². The minimum atomic E-state index is -0.271. The fourth-order valence-electron chi connectivity index (χ4n) is 3.97. The molecule has 0 spiro atoms. The van der Waals surface area contributed by atoms with Gasteiger partial charge in [0.15, 0.2) is 11.5 Å². The van der Waals surface area contributed by atoms with Crippen molar-refractivity contribution in [3.63, 3.8) is 0 Å². The molecule has 0 N–H and O–H groups in total. The Kier molecular flexibility index (Phi) is 3.49. The van der Waals surface area contributed by atoms with Crippen LogP contribution in [0.25, 0.3) is 21.8 Å². The van der Waals surface area contributed by atoms with Crippen LogP contribution in [0.4, 0.5) is 0 Å². The van der Waals surface area contributed by atoms with Crippen molar-refractivity contribution in [3.8, 4) is 5.75 Å². The largest absolute Gasteiger partial charge is 0.453 e. The zero-order valence-electron chi connectivity index (χ0n) is 15.5. The van der Waals surface area contributed by atoms with Crippen molar-refractivity contribution in [2.75, 3.05) is 0 Å². The first-order chi connectivity index (χ1) is 13.5. The Balaban J connectivity index is 1.72. The molecule has 0 saturated heterocycles. The number of ether oxygens (including phenoxy) is 1. The number of nitrogens with zero attached hydrogens (tertiary/aromatic N) is 1. The number of aryl methyl sites for hydroxylation is 2. The van der Waals surface area contributed by atoms with Crippen LogP contribution in [0, 0.1) is 6.92 Å². The molecule has 0 radical (unpaired) electrons. The van der Waals surface area contributed by atoms with Gasteiger partial charge in [-0.1, -0.05) is 36.4 Å². The van der Waals surface area contributed by atoms with E-state index in [4.69, 9.17) is 4.74 Å². The molecule has 136 valence electrons. The highest BCUT2D eigenvalue weighted by molar-refractivity contribution is 6.30. The summed E-state index contributed by atoms with van der Waals surface area (Å²) in [6.07, 6.45) is 1.29. The molecule has 0 bridgehead atoms. The molecule has 1 aliphatic carbocycles. The van der Waals surface area contributed by atoms with Crippen molar-refractivity contribution in [1.29, 1.82) is 0 Å². The van der Waals surface area contributed by atoms with Gasteiger partial charge in [0.2, 0.25) is 5.78 Å². The summed E-state index contributed by atoms with van der Waals surface area (Å²) >= 11 is 0. The third-order valence-electron chi connectivity index (χ3n) is 5.26. The summed E-state index contributed by atoms with van der Waals surface area (Å²) in [5, 5.41) is 2.01. The first-order valence-corrected chi connectivity index (χ1v) is 9.10. The van der Waals surface area contributed by atoms with Crippen molar-refractivity contribution in [3.05, 3.63) is 89.2 Å². The summed E-state index contributed by atoms with van der Waals surface area (Å²) in [4.78, 5) is 26.1. The van der Waals surface area contributed by atoms with Crippen LogP contribution in [0.5, 0.6) is 5.75 Å². The highest BCUT2D eigenvalue weighted by atomic mass is 16.5. The normalized spacial score (nSPS) is 13.7. The van der Waals surface area contributed by atoms with E-state index >= 15 is 0 Å². The Morgan fingerprint density at radius 3 is 2.54 bits per heavy atom. The molecule has 5 rings (SSSR count). The fraction of sp³-hybridized carbons (Fsp3) is 0.0833. The number of fused-ring (bicyclic) bond motifs is 5. The zero-order valence-corrected chi connectivity index (χ0v) is 15.5. The van der Waals surface area contributed by atoms with Crippen LogP contribution in [0.2, 0.25) is 0 Å². The molecule has 1 aliphatic rings. The lowest BCUT2D eigenvalue weighted by Gasteiger charge is -2.17. The maximum Gasteiger partial charge on any atom is 0.231 e. The van der Waals surface area contributed by atoms with Crippen LogP contribution in [-0.2, 0) is 7.05 Å². The number of hydrogen-bond donors (Lipinski definition) is 0. The van der Waals surface area contributed by atoms with Crippen LogP contribution < -0.4 is 4.74 Å². The van der Waals surface area contributed by atoms with E-state index < -0.39 is 0 Å². The minimum Gasteiger partial charge on any atom is -0.453 e. The molecule has 3 aromatic carbocycles. The van der Waals surface area contributed by atoms with E-state index in [9.17, 15) is 9.59 Å². The molecule has 0 fully saturated rings. The average molecular weight is 367 g/mol. The molecular formula is C24H17NO3. The highest BCUT2D eigenvalue weighted by Crippen LogP contribution is 2.35. The lowest BCUT2D eigenvalue weighted by atomic mass is 9.91. The van der Waals surface area contributed by atoms with E-state index in [-0.39, 0.29) is 17.3 Å². The minimum absolute atomic E-state index is 0.0563. The topological polar surface area (TPSA) is 48.3 Å². The first-order valence-electron chi connectivity index (χ1n) is 9.10. The fourth-order valence-corrected chi connectivity index (χ4v) is 3.97. The number of rotatable bonds is 2. The molecule has 0 saturated carbocycles. The Morgan fingerprint density at radius 1 is 0.893 bits per heavy atom. The second-order valence-electron chi connectivity index (χ2n) is 7.08. The van der Waals surface area contributed by atoms with Gasteiger partial charge in [0.1, 0.15) is 5.75 Å². The summed E-state index contributed by atoms with van der Waals surface area (Å²) in [5.74, 6) is 0.109. The Bertz CT molecular complexity index is 1340. The number of hydrogen-bond acceptors (Lipinski definition) is 3. The van der Waals surface area contributed by atoms with Crippen LogP contribution in [0.3, 0.4) is 0 Å². The van der Waals surface area contributed by atoms with Crippen LogP contribution in [0.15, 0.2) is 72.5 Å². The number of allylic oxidation sites excluding steroid dienone is 2. The lowest BCUT2D eigenvalue weighted by molar-refractivity contribution is 0.0948. The average Bonchev–Trinajstić information content (AvgIpc) is 2.98. The van der Waals surface area contributed by atoms with Crippen LogP contribution >= 0.6 is 0 Å². The standard InChI is InChI=1S/C24H17NO3/c1-14-6-5-7-15(12-14)28-21-13-20(26)18-11-10-17-16-8-3-4-9-19(16)25(2)23(17)22(18)24(21)27/h3-13H,1-2H3. The van der Waals surface area contributed by atoms with Crippen LogP contribution in [-0.4, -0.2) is 16.1 Å². The molecule has 0 unspecified atom stereocenters. The van der Waals surface area contributed by atoms with E-state index in [0.717, 1.165) is 27.4 Å². The van der Waals surface area contributed by atoms with Crippen molar-refractivity contribution >= 4 is 33.4 Å². The Hall–Kier alpha value is -3.66.